The van der Waals surface area contributed by atoms with Crippen LogP contribution in [0.15, 0.2) is 60.7 Å². The Labute approximate surface area is 156 Å². The summed E-state index contributed by atoms with van der Waals surface area (Å²) in [5, 5.41) is 9.29. The van der Waals surface area contributed by atoms with Gasteiger partial charge in [-0.1, -0.05) is 60.7 Å². The fourth-order valence-corrected chi connectivity index (χ4v) is 3.14. The number of carbonyl (C=O) groups excluding carboxylic acids is 2. The topological polar surface area (TPSA) is 89.9 Å². The highest BCUT2D eigenvalue weighted by Gasteiger charge is 2.54. The number of benzene rings is 2. The van der Waals surface area contributed by atoms with Gasteiger partial charge in [-0.05, 0) is 17.5 Å². The van der Waals surface area contributed by atoms with Gasteiger partial charge in [0, 0.05) is 0 Å². The molecule has 1 aliphatic rings. The molecule has 27 heavy (non-hydrogen) atoms. The molecule has 0 radical (unpaired) electrons. The van der Waals surface area contributed by atoms with E-state index in [2.05, 4.69) is 0 Å². The molecule has 0 unspecified atom stereocenters. The van der Waals surface area contributed by atoms with Crippen molar-refractivity contribution < 1.29 is 29.0 Å². The second-order valence-electron chi connectivity index (χ2n) is 6.50. The third-order valence-electron chi connectivity index (χ3n) is 4.71. The normalized spacial score (nSPS) is 21.0. The van der Waals surface area contributed by atoms with Gasteiger partial charge in [0.05, 0.1) is 17.8 Å². The zero-order valence-corrected chi connectivity index (χ0v) is 14.6. The van der Waals surface area contributed by atoms with Crippen LogP contribution in [0.1, 0.15) is 17.5 Å². The van der Waals surface area contributed by atoms with Crippen LogP contribution in [0, 0.1) is 17.8 Å². The van der Waals surface area contributed by atoms with Crippen LogP contribution >= 0.6 is 0 Å². The van der Waals surface area contributed by atoms with Gasteiger partial charge in [0.15, 0.2) is 0 Å². The Hall–Kier alpha value is -3.15. The maximum atomic E-state index is 12.4. The molecule has 1 N–H and O–H groups in total. The smallest absolute Gasteiger partial charge is 0.311 e. The molecular weight excluding hydrogens is 348 g/mol. The lowest BCUT2D eigenvalue weighted by Gasteiger charge is -2.38. The molecule has 0 amide bonds. The molecule has 0 aromatic heterocycles. The first-order chi connectivity index (χ1) is 13.1. The third-order valence-corrected chi connectivity index (χ3v) is 4.71. The van der Waals surface area contributed by atoms with Gasteiger partial charge in [-0.15, -0.1) is 0 Å². The van der Waals surface area contributed by atoms with Crippen LogP contribution < -0.4 is 0 Å². The lowest BCUT2D eigenvalue weighted by molar-refractivity contribution is -0.181. The number of hydrogen-bond donors (Lipinski definition) is 1. The van der Waals surface area contributed by atoms with Crippen molar-refractivity contribution in [1.29, 1.82) is 0 Å². The number of rotatable bonds is 7. The molecule has 0 aliphatic heterocycles. The van der Waals surface area contributed by atoms with Gasteiger partial charge in [-0.2, -0.15) is 0 Å². The summed E-state index contributed by atoms with van der Waals surface area (Å²) in [5.41, 5.74) is 1.61. The number of carboxylic acids is 1. The van der Waals surface area contributed by atoms with Crippen molar-refractivity contribution in [3.8, 4) is 0 Å². The Bertz CT molecular complexity index is 802. The number of carbonyl (C=O) groups is 3. The molecule has 1 fully saturated rings. The summed E-state index contributed by atoms with van der Waals surface area (Å²) in [6.07, 6.45) is 0.0774. The van der Waals surface area contributed by atoms with Crippen LogP contribution in [0.3, 0.4) is 0 Å². The van der Waals surface area contributed by atoms with Crippen molar-refractivity contribution in [3.63, 3.8) is 0 Å². The molecule has 0 saturated heterocycles. The summed E-state index contributed by atoms with van der Waals surface area (Å²) in [6, 6.07) is 18.2. The Morgan fingerprint density at radius 1 is 0.778 bits per heavy atom. The van der Waals surface area contributed by atoms with Crippen LogP contribution in [-0.2, 0) is 37.1 Å². The van der Waals surface area contributed by atoms with Gasteiger partial charge < -0.3 is 14.6 Å². The highest BCUT2D eigenvalue weighted by Crippen LogP contribution is 2.42. The van der Waals surface area contributed by atoms with Gasteiger partial charge in [-0.25, -0.2) is 0 Å². The van der Waals surface area contributed by atoms with Crippen LogP contribution in [0.25, 0.3) is 0 Å². The Balaban J connectivity index is 1.59. The van der Waals surface area contributed by atoms with E-state index in [0.717, 1.165) is 11.1 Å². The van der Waals surface area contributed by atoms with E-state index in [1.165, 1.54) is 0 Å². The lowest BCUT2D eigenvalue weighted by Crippen LogP contribution is -2.50. The predicted octanol–water partition coefficient (Wildman–Crippen LogP) is 2.81. The molecule has 3 atom stereocenters. The van der Waals surface area contributed by atoms with Crippen LogP contribution in [0.5, 0.6) is 0 Å². The summed E-state index contributed by atoms with van der Waals surface area (Å²) < 4.78 is 10.5. The maximum Gasteiger partial charge on any atom is 0.311 e. The first-order valence-corrected chi connectivity index (χ1v) is 8.70. The molecule has 1 aliphatic carbocycles. The quantitative estimate of drug-likeness (QED) is 0.756. The molecule has 0 heterocycles. The zero-order chi connectivity index (χ0) is 19.2. The first-order valence-electron chi connectivity index (χ1n) is 8.70. The van der Waals surface area contributed by atoms with E-state index in [-0.39, 0.29) is 19.6 Å². The van der Waals surface area contributed by atoms with E-state index < -0.39 is 35.7 Å². The summed E-state index contributed by atoms with van der Waals surface area (Å²) in [6.45, 7) is 0.119. The van der Waals surface area contributed by atoms with Crippen molar-refractivity contribution >= 4 is 17.9 Å². The van der Waals surface area contributed by atoms with Crippen LogP contribution in [0.2, 0.25) is 0 Å². The highest BCUT2D eigenvalue weighted by atomic mass is 16.5. The second kappa shape index (κ2) is 8.49. The molecule has 6 nitrogen and oxygen atoms in total. The average molecular weight is 368 g/mol. The minimum absolute atomic E-state index is 0.0360. The fourth-order valence-electron chi connectivity index (χ4n) is 3.14. The second-order valence-corrected chi connectivity index (χ2v) is 6.50. The number of hydrogen-bond acceptors (Lipinski definition) is 5. The summed E-state index contributed by atoms with van der Waals surface area (Å²) in [4.78, 5) is 36.1. The zero-order valence-electron chi connectivity index (χ0n) is 14.6. The largest absolute Gasteiger partial charge is 0.481 e. The van der Waals surface area contributed by atoms with Crippen molar-refractivity contribution in [2.75, 3.05) is 0 Å². The molecule has 0 spiro atoms. The number of ether oxygens (including phenoxy) is 2. The molecule has 3 rings (SSSR count). The molecule has 6 heteroatoms. The highest BCUT2D eigenvalue weighted by molar-refractivity contribution is 5.90. The van der Waals surface area contributed by atoms with Gasteiger partial charge in [0.1, 0.15) is 13.2 Å². The standard InChI is InChI=1S/C21H20O6/c22-19(23)16-11-17(20(24)26-12-14-7-3-1-4-8-14)18(16)21(25)27-13-15-9-5-2-6-10-15/h1-10,16-18H,11-13H2,(H,22,23)/t16-,17-,18-/m0/s1. The SMILES string of the molecule is O=C(OCc1ccccc1)[C@H]1[C@@H](C(=O)O)C[C@@H]1C(=O)OCc1ccccc1. The molecule has 2 aromatic carbocycles. The Kier molecular flexibility index (Phi) is 5.86. The number of aliphatic carboxylic acids is 1. The molecule has 140 valence electrons. The third kappa shape index (κ3) is 4.53. The van der Waals surface area contributed by atoms with E-state index in [0.29, 0.717) is 0 Å². The summed E-state index contributed by atoms with van der Waals surface area (Å²) in [7, 11) is 0. The first kappa shape index (κ1) is 18.6. The van der Waals surface area contributed by atoms with Crippen molar-refractivity contribution in [1.82, 2.24) is 0 Å². The van der Waals surface area contributed by atoms with Crippen LogP contribution in [0.4, 0.5) is 0 Å². The van der Waals surface area contributed by atoms with E-state index in [1.54, 1.807) is 12.1 Å². The van der Waals surface area contributed by atoms with Crippen molar-refractivity contribution in [2.45, 2.75) is 19.6 Å². The molecule has 2 aromatic rings. The number of carboxylic acid groups (broad SMARTS) is 1. The average Bonchev–Trinajstić information content (AvgIpc) is 2.65. The monoisotopic (exact) mass is 368 g/mol. The van der Waals surface area contributed by atoms with Crippen molar-refractivity contribution in [3.05, 3.63) is 71.8 Å². The predicted molar refractivity (Wildman–Crippen MR) is 95.2 cm³/mol. The molecule has 1 saturated carbocycles. The molecule has 0 bridgehead atoms. The van der Waals surface area contributed by atoms with E-state index in [1.807, 2.05) is 48.5 Å². The lowest BCUT2D eigenvalue weighted by atomic mass is 9.64. The van der Waals surface area contributed by atoms with E-state index in [4.69, 9.17) is 9.47 Å². The van der Waals surface area contributed by atoms with Gasteiger partial charge in [-0.3, -0.25) is 14.4 Å². The van der Waals surface area contributed by atoms with Gasteiger partial charge in [0.25, 0.3) is 0 Å². The maximum absolute atomic E-state index is 12.4. The van der Waals surface area contributed by atoms with Crippen molar-refractivity contribution in [2.24, 2.45) is 17.8 Å². The van der Waals surface area contributed by atoms with Gasteiger partial charge >= 0.3 is 17.9 Å². The number of esters is 2. The summed E-state index contributed by atoms with van der Waals surface area (Å²) in [5.74, 6) is -5.10. The Morgan fingerprint density at radius 2 is 1.26 bits per heavy atom. The fraction of sp³-hybridized carbons (Fsp3) is 0.286. The molecular formula is C21H20O6. The Morgan fingerprint density at radius 3 is 1.74 bits per heavy atom. The van der Waals surface area contributed by atoms with E-state index >= 15 is 0 Å². The minimum Gasteiger partial charge on any atom is -0.481 e. The van der Waals surface area contributed by atoms with Gasteiger partial charge in [0.2, 0.25) is 0 Å². The minimum atomic E-state index is -1.11. The summed E-state index contributed by atoms with van der Waals surface area (Å²) >= 11 is 0. The van der Waals surface area contributed by atoms with Crippen LogP contribution in [-0.4, -0.2) is 23.0 Å². The van der Waals surface area contributed by atoms with E-state index in [9.17, 15) is 19.5 Å².